The van der Waals surface area contributed by atoms with Crippen LogP contribution in [-0.2, 0) is 14.4 Å². The Balaban J connectivity index is 3.40. The number of nitro benzene ring substituents is 1. The fourth-order valence-corrected chi connectivity index (χ4v) is 1.57. The van der Waals surface area contributed by atoms with Gasteiger partial charge in [-0.25, -0.2) is 0 Å². The topological polar surface area (TPSA) is 113 Å². The van der Waals surface area contributed by atoms with Crippen LogP contribution in [0.5, 0.6) is 0 Å². The molecule has 2 radical (unpaired) electrons. The minimum absolute atomic E-state index is 0.0696. The van der Waals surface area contributed by atoms with Crippen molar-refractivity contribution in [1.82, 2.24) is 0 Å². The number of hydrogen-bond acceptors (Lipinski definition) is 6. The van der Waals surface area contributed by atoms with Crippen LogP contribution in [0.3, 0.4) is 0 Å². The lowest BCUT2D eigenvalue weighted by Gasteiger charge is -2.02. The minimum atomic E-state index is -4.18. The standard InChI is InChI=1S/C6H5BN2O5S/c7-4-1-5(9(10)11)3-6(2-4)15(12,13)14-8/h1-3H,8H2. The summed E-state index contributed by atoms with van der Waals surface area (Å²) < 4.78 is 25.9. The van der Waals surface area contributed by atoms with Crippen LogP contribution in [-0.4, -0.2) is 21.2 Å². The lowest BCUT2D eigenvalue weighted by atomic mass is 9.96. The van der Waals surface area contributed by atoms with E-state index >= 15 is 0 Å². The minimum Gasteiger partial charge on any atom is -0.258 e. The molecule has 1 aromatic carbocycles. The Morgan fingerprint density at radius 3 is 2.47 bits per heavy atom. The van der Waals surface area contributed by atoms with Crippen LogP contribution in [0, 0.1) is 10.1 Å². The Morgan fingerprint density at radius 1 is 1.40 bits per heavy atom. The van der Waals surface area contributed by atoms with Gasteiger partial charge in [0, 0.05) is 12.1 Å². The number of benzene rings is 1. The molecular weight excluding hydrogens is 223 g/mol. The van der Waals surface area contributed by atoms with E-state index in [0.29, 0.717) is 0 Å². The summed E-state index contributed by atoms with van der Waals surface area (Å²) in [5.74, 6) is 4.52. The monoisotopic (exact) mass is 228 g/mol. The number of nitrogens with two attached hydrogens (primary N) is 1. The van der Waals surface area contributed by atoms with Crippen LogP contribution >= 0.6 is 0 Å². The molecule has 0 saturated carbocycles. The normalized spacial score (nSPS) is 11.3. The summed E-state index contributed by atoms with van der Waals surface area (Å²) in [4.78, 5) is 9.17. The first kappa shape index (κ1) is 11.6. The summed E-state index contributed by atoms with van der Waals surface area (Å²) in [6.45, 7) is 0. The number of non-ortho nitro benzene ring substituents is 1. The van der Waals surface area contributed by atoms with Gasteiger partial charge in [-0.1, -0.05) is 5.46 Å². The Hall–Kier alpha value is -1.45. The van der Waals surface area contributed by atoms with Gasteiger partial charge in [-0.15, -0.1) is 0 Å². The molecule has 1 aromatic rings. The van der Waals surface area contributed by atoms with Gasteiger partial charge in [-0.05, 0) is 6.07 Å². The molecule has 9 heteroatoms. The molecule has 1 rings (SSSR count). The van der Waals surface area contributed by atoms with Gasteiger partial charge in [0.05, 0.1) is 4.92 Å². The highest BCUT2D eigenvalue weighted by Gasteiger charge is 2.18. The summed E-state index contributed by atoms with van der Waals surface area (Å²) in [5.41, 5.74) is -0.523. The van der Waals surface area contributed by atoms with E-state index in [2.05, 4.69) is 10.2 Å². The fourth-order valence-electron chi connectivity index (χ4n) is 0.911. The molecule has 0 aromatic heterocycles. The van der Waals surface area contributed by atoms with E-state index in [4.69, 9.17) is 7.85 Å². The zero-order valence-electron chi connectivity index (χ0n) is 7.28. The Bertz CT molecular complexity index is 500. The molecule has 0 atom stereocenters. The van der Waals surface area contributed by atoms with Crippen molar-refractivity contribution in [3.05, 3.63) is 28.3 Å². The summed E-state index contributed by atoms with van der Waals surface area (Å²) in [6, 6.07) is 2.84. The first-order chi connectivity index (χ1) is 6.86. The molecule has 0 aliphatic heterocycles. The lowest BCUT2D eigenvalue weighted by molar-refractivity contribution is -0.385. The molecule has 0 amide bonds. The second-order valence-corrected chi connectivity index (χ2v) is 4.14. The third-order valence-electron chi connectivity index (χ3n) is 1.54. The van der Waals surface area contributed by atoms with Crippen molar-refractivity contribution in [3.8, 4) is 0 Å². The van der Waals surface area contributed by atoms with E-state index in [1.54, 1.807) is 0 Å². The van der Waals surface area contributed by atoms with Crippen LogP contribution in [0.15, 0.2) is 23.1 Å². The Morgan fingerprint density at radius 2 is 2.00 bits per heavy atom. The SMILES string of the molecule is [B]c1cc([N+](=O)[O-])cc(S(=O)(=O)ON)c1. The highest BCUT2D eigenvalue weighted by Crippen LogP contribution is 2.16. The van der Waals surface area contributed by atoms with E-state index in [9.17, 15) is 18.5 Å². The highest BCUT2D eigenvalue weighted by molar-refractivity contribution is 7.86. The average Bonchev–Trinajstić information content (AvgIpc) is 2.16. The third-order valence-corrected chi connectivity index (χ3v) is 2.61. The molecule has 0 fully saturated rings. The van der Waals surface area contributed by atoms with Crippen molar-refractivity contribution in [2.24, 2.45) is 5.90 Å². The first-order valence-electron chi connectivity index (χ1n) is 3.55. The van der Waals surface area contributed by atoms with Gasteiger partial charge in [0.25, 0.3) is 5.69 Å². The van der Waals surface area contributed by atoms with Crippen molar-refractivity contribution in [1.29, 1.82) is 0 Å². The largest absolute Gasteiger partial charge is 0.312 e. The number of hydrogen-bond donors (Lipinski definition) is 1. The van der Waals surface area contributed by atoms with Crippen LogP contribution in [0.1, 0.15) is 0 Å². The van der Waals surface area contributed by atoms with Crippen molar-refractivity contribution >= 4 is 29.1 Å². The van der Waals surface area contributed by atoms with Crippen molar-refractivity contribution in [2.45, 2.75) is 4.90 Å². The Kier molecular flexibility index (Phi) is 3.08. The maximum atomic E-state index is 11.1. The maximum Gasteiger partial charge on any atom is 0.312 e. The van der Waals surface area contributed by atoms with Gasteiger partial charge in [0.1, 0.15) is 12.7 Å². The van der Waals surface area contributed by atoms with E-state index in [1.165, 1.54) is 0 Å². The van der Waals surface area contributed by atoms with Gasteiger partial charge in [0.15, 0.2) is 0 Å². The van der Waals surface area contributed by atoms with E-state index < -0.39 is 25.6 Å². The molecule has 0 unspecified atom stereocenters. The molecule has 7 nitrogen and oxygen atoms in total. The zero-order chi connectivity index (χ0) is 11.6. The molecule has 0 heterocycles. The predicted molar refractivity (Wildman–Crippen MR) is 50.9 cm³/mol. The summed E-state index contributed by atoms with van der Waals surface area (Å²) in [6.07, 6.45) is 0. The highest BCUT2D eigenvalue weighted by atomic mass is 32.2. The lowest BCUT2D eigenvalue weighted by Crippen LogP contribution is -2.14. The van der Waals surface area contributed by atoms with Gasteiger partial charge < -0.3 is 0 Å². The van der Waals surface area contributed by atoms with E-state index in [1.807, 2.05) is 0 Å². The molecular formula is C6H5BN2O5S. The van der Waals surface area contributed by atoms with Gasteiger partial charge in [-0.3, -0.25) is 10.1 Å². The molecule has 0 aliphatic rings. The van der Waals surface area contributed by atoms with Gasteiger partial charge >= 0.3 is 10.1 Å². The summed E-state index contributed by atoms with van der Waals surface area (Å²) in [5, 5.41) is 10.4. The molecule has 0 saturated heterocycles. The summed E-state index contributed by atoms with van der Waals surface area (Å²) in [7, 11) is 1.10. The van der Waals surface area contributed by atoms with Gasteiger partial charge in [-0.2, -0.15) is 18.6 Å². The van der Waals surface area contributed by atoms with Crippen molar-refractivity contribution in [2.75, 3.05) is 0 Å². The van der Waals surface area contributed by atoms with Crippen LogP contribution < -0.4 is 11.4 Å². The van der Waals surface area contributed by atoms with Crippen LogP contribution in [0.25, 0.3) is 0 Å². The second kappa shape index (κ2) is 3.97. The molecule has 0 aliphatic carbocycles. The van der Waals surface area contributed by atoms with Crippen molar-refractivity contribution < 1.29 is 17.6 Å². The summed E-state index contributed by atoms with van der Waals surface area (Å²) >= 11 is 0. The molecule has 0 bridgehead atoms. The smallest absolute Gasteiger partial charge is 0.258 e. The van der Waals surface area contributed by atoms with E-state index in [-0.39, 0.29) is 5.46 Å². The average molecular weight is 228 g/mol. The molecule has 78 valence electrons. The van der Waals surface area contributed by atoms with E-state index in [0.717, 1.165) is 18.2 Å². The molecule has 15 heavy (non-hydrogen) atoms. The Labute approximate surface area is 86.5 Å². The van der Waals surface area contributed by atoms with Crippen LogP contribution in [0.2, 0.25) is 0 Å². The van der Waals surface area contributed by atoms with Crippen LogP contribution in [0.4, 0.5) is 5.69 Å². The molecule has 0 spiro atoms. The fraction of sp³-hybridized carbons (Fsp3) is 0. The second-order valence-electron chi connectivity index (χ2n) is 2.57. The predicted octanol–water partition coefficient (Wildman–Crippen LogP) is -1.03. The van der Waals surface area contributed by atoms with Crippen molar-refractivity contribution in [3.63, 3.8) is 0 Å². The maximum absolute atomic E-state index is 11.1. The van der Waals surface area contributed by atoms with Gasteiger partial charge in [0.2, 0.25) is 0 Å². The number of nitro groups is 1. The third kappa shape index (κ3) is 2.52. The quantitative estimate of drug-likeness (QED) is 0.402. The zero-order valence-corrected chi connectivity index (χ0v) is 8.10. The molecule has 2 N–H and O–H groups in total. The number of rotatable bonds is 3. The first-order valence-corrected chi connectivity index (χ1v) is 4.96. The number of nitrogens with zero attached hydrogens (tertiary/aromatic N) is 1.